The number of aliphatic hydroxyl groups is 1. The molecule has 0 saturated heterocycles. The topological polar surface area (TPSA) is 49.3 Å². The van der Waals surface area contributed by atoms with Crippen LogP contribution in [0.5, 0.6) is 0 Å². The van der Waals surface area contributed by atoms with Gasteiger partial charge < -0.3 is 10.4 Å². The van der Waals surface area contributed by atoms with E-state index in [4.69, 9.17) is 0 Å². The molecule has 1 aliphatic rings. The van der Waals surface area contributed by atoms with Gasteiger partial charge in [0.25, 0.3) is 0 Å². The Labute approximate surface area is 73.2 Å². The highest BCUT2D eigenvalue weighted by molar-refractivity contribution is 5.73. The van der Waals surface area contributed by atoms with Crippen molar-refractivity contribution in [3.05, 3.63) is 0 Å². The summed E-state index contributed by atoms with van der Waals surface area (Å²) in [6, 6.07) is 0.280. The second-order valence-electron chi connectivity index (χ2n) is 3.97. The van der Waals surface area contributed by atoms with Crippen LogP contribution >= 0.6 is 0 Å². The summed E-state index contributed by atoms with van der Waals surface area (Å²) < 4.78 is 0. The standard InChI is InChI=1S/C9H17NO2/c1-7(11)10-8-3-5-9(2,12)6-4-8/h8,12H,3-6H2,1-2H3,(H,10,11)/t8-,9-. The molecule has 3 nitrogen and oxygen atoms in total. The van der Waals surface area contributed by atoms with E-state index in [2.05, 4.69) is 5.32 Å². The van der Waals surface area contributed by atoms with Gasteiger partial charge in [-0.1, -0.05) is 0 Å². The molecule has 0 unspecified atom stereocenters. The van der Waals surface area contributed by atoms with Gasteiger partial charge in [-0.25, -0.2) is 0 Å². The number of hydrogen-bond donors (Lipinski definition) is 2. The van der Waals surface area contributed by atoms with Crippen LogP contribution in [-0.2, 0) is 4.79 Å². The number of carbonyl (C=O) groups excluding carboxylic acids is 1. The SMILES string of the molecule is CC(=O)N[C@H]1CC[C@](C)(O)CC1. The molecule has 1 fully saturated rings. The molecule has 0 aromatic carbocycles. The molecule has 12 heavy (non-hydrogen) atoms. The van der Waals surface area contributed by atoms with Crippen molar-refractivity contribution in [3.63, 3.8) is 0 Å². The van der Waals surface area contributed by atoms with E-state index in [1.807, 2.05) is 6.92 Å². The summed E-state index contributed by atoms with van der Waals surface area (Å²) in [5, 5.41) is 12.5. The van der Waals surface area contributed by atoms with Crippen molar-refractivity contribution in [2.24, 2.45) is 0 Å². The molecule has 1 aliphatic carbocycles. The van der Waals surface area contributed by atoms with Crippen LogP contribution in [0.15, 0.2) is 0 Å². The molecule has 1 amide bonds. The normalized spacial score (nSPS) is 36.1. The molecule has 0 bridgehead atoms. The van der Waals surface area contributed by atoms with Gasteiger partial charge in [0.1, 0.15) is 0 Å². The summed E-state index contributed by atoms with van der Waals surface area (Å²) >= 11 is 0. The molecule has 0 spiro atoms. The first-order chi connectivity index (χ1) is 5.49. The second-order valence-corrected chi connectivity index (χ2v) is 3.97. The van der Waals surface area contributed by atoms with Crippen LogP contribution in [0, 0.1) is 0 Å². The highest BCUT2D eigenvalue weighted by atomic mass is 16.3. The van der Waals surface area contributed by atoms with Crippen molar-refractivity contribution in [3.8, 4) is 0 Å². The van der Waals surface area contributed by atoms with E-state index in [0.717, 1.165) is 25.7 Å². The summed E-state index contributed by atoms with van der Waals surface area (Å²) in [6.07, 6.45) is 3.37. The lowest BCUT2D eigenvalue weighted by Crippen LogP contribution is -2.41. The van der Waals surface area contributed by atoms with Crippen LogP contribution in [0.25, 0.3) is 0 Å². The van der Waals surface area contributed by atoms with Crippen molar-refractivity contribution < 1.29 is 9.90 Å². The second kappa shape index (κ2) is 3.44. The first-order valence-corrected chi connectivity index (χ1v) is 4.49. The Bertz CT molecular complexity index is 167. The third-order valence-electron chi connectivity index (χ3n) is 2.47. The molecule has 1 saturated carbocycles. The average Bonchev–Trinajstić information content (AvgIpc) is 1.93. The van der Waals surface area contributed by atoms with Gasteiger partial charge in [-0.2, -0.15) is 0 Å². The Morgan fingerprint density at radius 1 is 1.50 bits per heavy atom. The van der Waals surface area contributed by atoms with E-state index in [0.29, 0.717) is 0 Å². The van der Waals surface area contributed by atoms with Gasteiger partial charge in [-0.3, -0.25) is 4.79 Å². The molecule has 0 aliphatic heterocycles. The average molecular weight is 171 g/mol. The number of carbonyl (C=O) groups is 1. The summed E-state index contributed by atoms with van der Waals surface area (Å²) in [5.41, 5.74) is -0.505. The Balaban J connectivity index is 2.31. The molecule has 70 valence electrons. The van der Waals surface area contributed by atoms with Crippen LogP contribution in [0.4, 0.5) is 0 Å². The van der Waals surface area contributed by atoms with Crippen LogP contribution in [0.2, 0.25) is 0 Å². The van der Waals surface area contributed by atoms with Crippen molar-refractivity contribution in [1.82, 2.24) is 5.32 Å². The fraction of sp³-hybridized carbons (Fsp3) is 0.889. The van der Waals surface area contributed by atoms with Crippen LogP contribution in [0.3, 0.4) is 0 Å². The van der Waals surface area contributed by atoms with Crippen LogP contribution in [0.1, 0.15) is 39.5 Å². The largest absolute Gasteiger partial charge is 0.390 e. The van der Waals surface area contributed by atoms with E-state index in [9.17, 15) is 9.90 Å². The van der Waals surface area contributed by atoms with Crippen molar-refractivity contribution in [2.45, 2.75) is 51.2 Å². The Kier molecular flexibility index (Phi) is 2.73. The fourth-order valence-electron chi connectivity index (χ4n) is 1.67. The lowest BCUT2D eigenvalue weighted by molar-refractivity contribution is -0.120. The summed E-state index contributed by atoms with van der Waals surface area (Å²) in [7, 11) is 0. The zero-order valence-electron chi connectivity index (χ0n) is 7.76. The third-order valence-corrected chi connectivity index (χ3v) is 2.47. The van der Waals surface area contributed by atoms with Gasteiger partial charge in [0.2, 0.25) is 5.91 Å². The van der Waals surface area contributed by atoms with Gasteiger partial charge in [0.05, 0.1) is 5.60 Å². The van der Waals surface area contributed by atoms with E-state index in [1.54, 1.807) is 0 Å². The number of amides is 1. The van der Waals surface area contributed by atoms with E-state index >= 15 is 0 Å². The minimum absolute atomic E-state index is 0.0292. The molecule has 0 radical (unpaired) electrons. The molecule has 0 aromatic rings. The predicted octanol–water partition coefficient (Wildman–Crippen LogP) is 0.816. The monoisotopic (exact) mass is 171 g/mol. The zero-order chi connectivity index (χ0) is 9.19. The predicted molar refractivity (Wildman–Crippen MR) is 46.7 cm³/mol. The summed E-state index contributed by atoms with van der Waals surface area (Å²) in [6.45, 7) is 3.39. The van der Waals surface area contributed by atoms with Crippen molar-refractivity contribution in [2.75, 3.05) is 0 Å². The molecule has 3 heteroatoms. The molecular weight excluding hydrogens is 154 g/mol. The van der Waals surface area contributed by atoms with Gasteiger partial charge >= 0.3 is 0 Å². The molecule has 0 aromatic heterocycles. The maximum absolute atomic E-state index is 10.7. The van der Waals surface area contributed by atoms with Gasteiger partial charge in [0.15, 0.2) is 0 Å². The Morgan fingerprint density at radius 2 is 2.00 bits per heavy atom. The Morgan fingerprint density at radius 3 is 2.42 bits per heavy atom. The maximum Gasteiger partial charge on any atom is 0.217 e. The van der Waals surface area contributed by atoms with E-state index in [-0.39, 0.29) is 11.9 Å². The van der Waals surface area contributed by atoms with Crippen LogP contribution in [-0.4, -0.2) is 22.7 Å². The quantitative estimate of drug-likeness (QED) is 0.613. The number of nitrogens with one attached hydrogen (secondary N) is 1. The molecule has 0 atom stereocenters. The molecule has 2 N–H and O–H groups in total. The van der Waals surface area contributed by atoms with Crippen molar-refractivity contribution in [1.29, 1.82) is 0 Å². The fourth-order valence-corrected chi connectivity index (χ4v) is 1.67. The lowest BCUT2D eigenvalue weighted by atomic mass is 9.84. The number of hydrogen-bond acceptors (Lipinski definition) is 2. The third kappa shape index (κ3) is 2.81. The zero-order valence-corrected chi connectivity index (χ0v) is 7.76. The molecular formula is C9H17NO2. The molecule has 1 rings (SSSR count). The minimum atomic E-state index is -0.505. The lowest BCUT2D eigenvalue weighted by Gasteiger charge is -2.33. The first kappa shape index (κ1) is 9.52. The van der Waals surface area contributed by atoms with Gasteiger partial charge in [0, 0.05) is 13.0 Å². The Hall–Kier alpha value is -0.570. The highest BCUT2D eigenvalue weighted by Crippen LogP contribution is 2.27. The highest BCUT2D eigenvalue weighted by Gasteiger charge is 2.28. The maximum atomic E-state index is 10.7. The smallest absolute Gasteiger partial charge is 0.217 e. The summed E-state index contributed by atoms with van der Waals surface area (Å²) in [5.74, 6) is 0.0292. The number of rotatable bonds is 1. The van der Waals surface area contributed by atoms with Crippen LogP contribution < -0.4 is 5.32 Å². The van der Waals surface area contributed by atoms with Gasteiger partial charge in [-0.05, 0) is 32.6 Å². The van der Waals surface area contributed by atoms with Crippen molar-refractivity contribution >= 4 is 5.91 Å². The minimum Gasteiger partial charge on any atom is -0.390 e. The first-order valence-electron chi connectivity index (χ1n) is 4.49. The van der Waals surface area contributed by atoms with Gasteiger partial charge in [-0.15, -0.1) is 0 Å². The molecule has 0 heterocycles. The summed E-state index contributed by atoms with van der Waals surface area (Å²) in [4.78, 5) is 10.7. The van der Waals surface area contributed by atoms with E-state index < -0.39 is 5.60 Å². The van der Waals surface area contributed by atoms with E-state index in [1.165, 1.54) is 6.92 Å².